The first-order valence-corrected chi connectivity index (χ1v) is 11.2. The summed E-state index contributed by atoms with van der Waals surface area (Å²) in [4.78, 5) is 37.5. The van der Waals surface area contributed by atoms with Gasteiger partial charge in [0.05, 0.1) is 29.4 Å². The number of hydrazine groups is 1. The van der Waals surface area contributed by atoms with Crippen molar-refractivity contribution in [3.63, 3.8) is 0 Å². The summed E-state index contributed by atoms with van der Waals surface area (Å²) >= 11 is 0. The Morgan fingerprint density at radius 2 is 1.94 bits per heavy atom. The highest BCUT2D eigenvalue weighted by molar-refractivity contribution is 6.15. The molecule has 3 aliphatic rings. The van der Waals surface area contributed by atoms with E-state index in [1.807, 2.05) is 0 Å². The number of benzene rings is 1. The second kappa shape index (κ2) is 8.85. The lowest BCUT2D eigenvalue weighted by Crippen LogP contribution is -2.58. The number of halogens is 1. The molecular formula is C23H28FN5O7. The lowest BCUT2D eigenvalue weighted by Gasteiger charge is -2.49. The quantitative estimate of drug-likeness (QED) is 0.189. The third kappa shape index (κ3) is 3.89. The fourth-order valence-electron chi connectivity index (χ4n) is 5.35. The molecule has 12 nitrogen and oxygen atoms in total. The Morgan fingerprint density at radius 3 is 2.56 bits per heavy atom. The van der Waals surface area contributed by atoms with Gasteiger partial charge in [-0.25, -0.2) is 9.82 Å². The van der Waals surface area contributed by atoms with Gasteiger partial charge in [0.15, 0.2) is 11.5 Å². The summed E-state index contributed by atoms with van der Waals surface area (Å²) in [6.45, 7) is -0.190. The number of nitrogens with one attached hydrogen (secondary N) is 2. The van der Waals surface area contributed by atoms with E-state index in [0.29, 0.717) is 0 Å². The highest BCUT2D eigenvalue weighted by Crippen LogP contribution is 2.53. The number of carbonyl (C=O) groups excluding carboxylic acids is 3. The van der Waals surface area contributed by atoms with Crippen molar-refractivity contribution < 1.29 is 39.2 Å². The van der Waals surface area contributed by atoms with Crippen LogP contribution >= 0.6 is 0 Å². The number of phenols is 1. The van der Waals surface area contributed by atoms with Crippen molar-refractivity contribution in [3.05, 3.63) is 45.7 Å². The monoisotopic (exact) mass is 505 g/mol. The summed E-state index contributed by atoms with van der Waals surface area (Å²) in [7, 11) is 3.31. The lowest BCUT2D eigenvalue weighted by atomic mass is 9.59. The average molecular weight is 506 g/mol. The van der Waals surface area contributed by atoms with E-state index >= 15 is 4.39 Å². The van der Waals surface area contributed by atoms with Gasteiger partial charge in [-0.05, 0) is 18.8 Å². The molecule has 1 aromatic carbocycles. The van der Waals surface area contributed by atoms with Crippen molar-refractivity contribution in [3.8, 4) is 5.75 Å². The zero-order chi connectivity index (χ0) is 26.7. The molecule has 0 saturated carbocycles. The normalized spacial score (nSPS) is 27.5. The summed E-state index contributed by atoms with van der Waals surface area (Å²) in [5.74, 6) is -7.19. The smallest absolute Gasteiger partial charge is 0.248 e. The number of hydrogen-bond acceptors (Lipinski definition) is 10. The van der Waals surface area contributed by atoms with Crippen LogP contribution in [-0.4, -0.2) is 75.3 Å². The summed E-state index contributed by atoms with van der Waals surface area (Å²) in [5, 5.41) is 47.5. The first kappa shape index (κ1) is 25.6. The van der Waals surface area contributed by atoms with Crippen molar-refractivity contribution in [1.29, 1.82) is 0 Å². The Kier molecular flexibility index (Phi) is 6.29. The van der Waals surface area contributed by atoms with Crippen LogP contribution in [-0.2, 0) is 16.0 Å². The number of nitrogens with two attached hydrogens (primary N) is 2. The number of aliphatic hydroxyl groups excluding tert-OH is 2. The van der Waals surface area contributed by atoms with E-state index in [1.54, 1.807) is 14.1 Å². The van der Waals surface area contributed by atoms with Crippen molar-refractivity contribution in [2.75, 3.05) is 26.0 Å². The topological polar surface area (TPSA) is 211 Å². The van der Waals surface area contributed by atoms with Gasteiger partial charge in [-0.15, -0.1) is 0 Å². The number of rotatable bonds is 5. The number of carbonyl (C=O) groups is 3. The van der Waals surface area contributed by atoms with Gasteiger partial charge in [0.1, 0.15) is 22.9 Å². The maximum Gasteiger partial charge on any atom is 0.248 e. The average Bonchev–Trinajstić information content (AvgIpc) is 2.79. The number of anilines is 1. The number of nitrogens with zero attached hydrogens (tertiary/aromatic N) is 1. The first-order valence-electron chi connectivity index (χ1n) is 11.2. The minimum absolute atomic E-state index is 0.0206. The molecule has 4 atom stereocenters. The lowest BCUT2D eigenvalue weighted by molar-refractivity contribution is -0.117. The van der Waals surface area contributed by atoms with Crippen LogP contribution in [0.15, 0.2) is 28.7 Å². The highest BCUT2D eigenvalue weighted by atomic mass is 19.1. The van der Waals surface area contributed by atoms with Gasteiger partial charge in [-0.2, -0.15) is 0 Å². The Morgan fingerprint density at radius 1 is 1.28 bits per heavy atom. The number of amides is 2. The van der Waals surface area contributed by atoms with Gasteiger partial charge >= 0.3 is 0 Å². The molecule has 13 heteroatoms. The molecule has 0 aliphatic heterocycles. The molecule has 0 heterocycles. The van der Waals surface area contributed by atoms with Gasteiger partial charge in [0, 0.05) is 43.6 Å². The minimum atomic E-state index is -2.19. The predicted octanol–water partition coefficient (Wildman–Crippen LogP) is -0.517. The fraction of sp³-hybridized carbons (Fsp3) is 0.435. The Hall–Kier alpha value is -3.52. The number of primary amides is 1. The van der Waals surface area contributed by atoms with E-state index in [9.17, 15) is 34.8 Å². The highest BCUT2D eigenvalue weighted by Gasteiger charge is 2.57. The molecule has 3 aliphatic carbocycles. The van der Waals surface area contributed by atoms with Gasteiger partial charge in [-0.1, -0.05) is 0 Å². The van der Waals surface area contributed by atoms with Gasteiger partial charge < -0.3 is 37.2 Å². The van der Waals surface area contributed by atoms with Crippen molar-refractivity contribution >= 4 is 23.3 Å². The molecular weight excluding hydrogens is 477 g/mol. The number of phenolic OH excluding ortho intramolecular Hbond substituents is 1. The fourth-order valence-corrected chi connectivity index (χ4v) is 5.35. The molecule has 36 heavy (non-hydrogen) atoms. The molecule has 1 aromatic rings. The molecule has 10 N–H and O–H groups in total. The van der Waals surface area contributed by atoms with Crippen molar-refractivity contribution in [2.24, 2.45) is 23.3 Å². The van der Waals surface area contributed by atoms with E-state index in [1.165, 1.54) is 5.01 Å². The van der Waals surface area contributed by atoms with Gasteiger partial charge in [-0.3, -0.25) is 19.4 Å². The van der Waals surface area contributed by atoms with Crippen LogP contribution in [0.25, 0.3) is 0 Å². The van der Waals surface area contributed by atoms with E-state index in [2.05, 4.69) is 10.7 Å². The SMILES string of the molecule is CN(C)NCC(=O)Nc1cc(F)c2c(c1O)C(=O)C1=C(O)[C@]3(O)CC(C(N)=O)=C(O)[C@@H](N)[C@@H]3C[C@@H]1C2. The van der Waals surface area contributed by atoms with E-state index < -0.39 is 76.1 Å². The van der Waals surface area contributed by atoms with Crippen LogP contribution in [0.4, 0.5) is 10.1 Å². The molecule has 0 unspecified atom stereocenters. The molecule has 0 bridgehead atoms. The van der Waals surface area contributed by atoms with E-state index in [4.69, 9.17) is 11.5 Å². The Balaban J connectivity index is 1.77. The second-order valence-corrected chi connectivity index (χ2v) is 9.58. The Bertz CT molecular complexity index is 1240. The van der Waals surface area contributed by atoms with Gasteiger partial charge in [0.25, 0.3) is 0 Å². The van der Waals surface area contributed by atoms with E-state index in [-0.39, 0.29) is 41.8 Å². The number of fused-ring (bicyclic) bond motifs is 3. The number of Topliss-reactive ketones (excluding diaryl/α,β-unsaturated/α-hetero) is 1. The third-order valence-corrected chi connectivity index (χ3v) is 7.13. The van der Waals surface area contributed by atoms with Crippen molar-refractivity contribution in [2.45, 2.75) is 30.9 Å². The van der Waals surface area contributed by atoms with Crippen LogP contribution in [0.3, 0.4) is 0 Å². The number of allylic oxidation sites excluding steroid dienone is 1. The molecule has 4 rings (SSSR count). The largest absolute Gasteiger partial charge is 0.510 e. The zero-order valence-corrected chi connectivity index (χ0v) is 19.6. The zero-order valence-electron chi connectivity index (χ0n) is 19.6. The molecule has 2 amide bonds. The maximum absolute atomic E-state index is 15.1. The summed E-state index contributed by atoms with van der Waals surface area (Å²) in [6, 6.07) is -0.360. The molecule has 0 saturated heterocycles. The number of aliphatic hydroxyl groups is 3. The van der Waals surface area contributed by atoms with Crippen molar-refractivity contribution in [1.82, 2.24) is 10.4 Å². The van der Waals surface area contributed by atoms with Crippen LogP contribution in [0.1, 0.15) is 28.8 Å². The van der Waals surface area contributed by atoms with Crippen LogP contribution in [0.2, 0.25) is 0 Å². The summed E-state index contributed by atoms with van der Waals surface area (Å²) < 4.78 is 15.1. The molecule has 194 valence electrons. The number of hydrogen-bond donors (Lipinski definition) is 8. The predicted molar refractivity (Wildman–Crippen MR) is 124 cm³/mol. The number of ketones is 1. The standard InChI is InChI=1S/C23H28FN5O7/c1-29(2)27-7-14(30)28-13-5-12(24)9-3-8-4-11-17(25)18(31)10(22(26)35)6-23(11,36)21(34)15(8)20(33)16(9)19(13)32/h5,8,11,17,27,31-32,34,36H,3-4,6-7,25H2,1-2H3,(H2,26,35)(H,28,30)/t8-,11-,17-,23-/m0/s1. The minimum Gasteiger partial charge on any atom is -0.510 e. The first-order chi connectivity index (χ1) is 16.8. The van der Waals surface area contributed by atoms with Crippen LogP contribution in [0.5, 0.6) is 5.75 Å². The summed E-state index contributed by atoms with van der Waals surface area (Å²) in [5.41, 5.74) is 10.4. The van der Waals surface area contributed by atoms with Crippen LogP contribution in [0, 0.1) is 17.7 Å². The maximum atomic E-state index is 15.1. The Labute approximate surface area is 205 Å². The molecule has 0 fully saturated rings. The third-order valence-electron chi connectivity index (χ3n) is 7.13. The summed E-state index contributed by atoms with van der Waals surface area (Å²) in [6.07, 6.45) is -0.722. The second-order valence-electron chi connectivity index (χ2n) is 9.58. The van der Waals surface area contributed by atoms with Gasteiger partial charge in [0.2, 0.25) is 11.8 Å². The number of aromatic hydroxyl groups is 1. The van der Waals surface area contributed by atoms with E-state index in [0.717, 1.165) is 6.07 Å². The molecule has 0 aromatic heterocycles. The molecule has 0 radical (unpaired) electrons. The molecule has 0 spiro atoms. The van der Waals surface area contributed by atoms with Crippen LogP contribution < -0.4 is 22.2 Å².